The SMILES string of the molecule is COc1cc2c(oc(=O)c3cc(OCc4ccccc4)cc(OC)c32)c2cccc(OC(C)C)c12. The van der Waals surface area contributed by atoms with Crippen LogP contribution in [0.4, 0.5) is 0 Å². The zero-order chi connectivity index (χ0) is 24.5. The summed E-state index contributed by atoms with van der Waals surface area (Å²) in [5, 5.41) is 3.19. The molecule has 0 atom stereocenters. The molecule has 0 fully saturated rings. The van der Waals surface area contributed by atoms with E-state index in [2.05, 4.69) is 0 Å². The predicted octanol–water partition coefficient (Wildman–Crippen LogP) is 6.48. The fourth-order valence-corrected chi connectivity index (χ4v) is 4.36. The van der Waals surface area contributed by atoms with Gasteiger partial charge in [0.1, 0.15) is 35.2 Å². The third kappa shape index (κ3) is 4.12. The molecule has 6 nitrogen and oxygen atoms in total. The van der Waals surface area contributed by atoms with Gasteiger partial charge < -0.3 is 23.4 Å². The van der Waals surface area contributed by atoms with Gasteiger partial charge in [-0.1, -0.05) is 42.5 Å². The number of benzene rings is 4. The highest BCUT2D eigenvalue weighted by Crippen LogP contribution is 2.43. The normalized spacial score (nSPS) is 11.3. The molecule has 1 heterocycles. The van der Waals surface area contributed by atoms with Gasteiger partial charge in [0.2, 0.25) is 0 Å². The summed E-state index contributed by atoms with van der Waals surface area (Å²) in [5.41, 5.74) is 0.995. The van der Waals surface area contributed by atoms with Crippen molar-refractivity contribution in [3.05, 3.63) is 82.7 Å². The van der Waals surface area contributed by atoms with Crippen LogP contribution in [0.5, 0.6) is 23.0 Å². The molecule has 0 radical (unpaired) electrons. The van der Waals surface area contributed by atoms with Gasteiger partial charge in [-0.15, -0.1) is 0 Å². The molecule has 5 rings (SSSR count). The van der Waals surface area contributed by atoms with Crippen LogP contribution in [0.1, 0.15) is 19.4 Å². The van der Waals surface area contributed by atoms with Crippen molar-refractivity contribution in [3.8, 4) is 23.0 Å². The van der Waals surface area contributed by atoms with Crippen LogP contribution in [0.25, 0.3) is 32.5 Å². The third-order valence-corrected chi connectivity index (χ3v) is 5.85. The van der Waals surface area contributed by atoms with Crippen molar-refractivity contribution in [1.82, 2.24) is 0 Å². The average Bonchev–Trinajstić information content (AvgIpc) is 2.87. The lowest BCUT2D eigenvalue weighted by atomic mass is 10.0. The fraction of sp³-hybridized carbons (Fsp3) is 0.207. The molecule has 178 valence electrons. The lowest BCUT2D eigenvalue weighted by molar-refractivity contribution is 0.245. The lowest BCUT2D eigenvalue weighted by Gasteiger charge is -2.17. The summed E-state index contributed by atoms with van der Waals surface area (Å²) in [6.45, 7) is 4.29. The van der Waals surface area contributed by atoms with E-state index in [1.54, 1.807) is 26.4 Å². The molecule has 0 amide bonds. The number of methoxy groups -OCH3 is 2. The number of ether oxygens (including phenoxy) is 4. The van der Waals surface area contributed by atoms with E-state index in [9.17, 15) is 4.79 Å². The van der Waals surface area contributed by atoms with Crippen LogP contribution >= 0.6 is 0 Å². The third-order valence-electron chi connectivity index (χ3n) is 5.85. The molecule has 0 aliphatic rings. The van der Waals surface area contributed by atoms with Crippen LogP contribution in [0.2, 0.25) is 0 Å². The molecular formula is C29H26O6. The van der Waals surface area contributed by atoms with Gasteiger partial charge in [0.05, 0.1) is 31.1 Å². The Labute approximate surface area is 202 Å². The molecule has 0 spiro atoms. The molecule has 0 saturated carbocycles. The molecule has 0 bridgehead atoms. The molecule has 1 aromatic heterocycles. The van der Waals surface area contributed by atoms with E-state index in [0.717, 1.165) is 16.3 Å². The van der Waals surface area contributed by atoms with E-state index < -0.39 is 5.63 Å². The maximum absolute atomic E-state index is 13.2. The van der Waals surface area contributed by atoms with Crippen LogP contribution < -0.4 is 24.6 Å². The van der Waals surface area contributed by atoms with Crippen LogP contribution in [-0.2, 0) is 6.61 Å². The molecule has 0 N–H and O–H groups in total. The Morgan fingerprint density at radius 2 is 1.51 bits per heavy atom. The van der Waals surface area contributed by atoms with Crippen molar-refractivity contribution in [2.24, 2.45) is 0 Å². The van der Waals surface area contributed by atoms with Crippen molar-refractivity contribution < 1.29 is 23.4 Å². The van der Waals surface area contributed by atoms with Crippen LogP contribution in [0, 0.1) is 0 Å². The Kier molecular flexibility index (Phi) is 5.95. The topological polar surface area (TPSA) is 67.1 Å². The first kappa shape index (κ1) is 22.6. The van der Waals surface area contributed by atoms with Gasteiger partial charge in [-0.25, -0.2) is 4.79 Å². The Balaban J connectivity index is 1.75. The zero-order valence-corrected chi connectivity index (χ0v) is 20.1. The summed E-state index contributed by atoms with van der Waals surface area (Å²) in [5.74, 6) is 2.31. The van der Waals surface area contributed by atoms with Gasteiger partial charge in [0, 0.05) is 22.2 Å². The number of hydrogen-bond acceptors (Lipinski definition) is 6. The lowest BCUT2D eigenvalue weighted by Crippen LogP contribution is -2.07. The smallest absolute Gasteiger partial charge is 0.344 e. The minimum Gasteiger partial charge on any atom is -0.496 e. The minimum absolute atomic E-state index is 0.0287. The predicted molar refractivity (Wildman–Crippen MR) is 137 cm³/mol. The van der Waals surface area contributed by atoms with Crippen molar-refractivity contribution in [2.75, 3.05) is 14.2 Å². The van der Waals surface area contributed by atoms with E-state index in [0.29, 0.717) is 51.3 Å². The summed E-state index contributed by atoms with van der Waals surface area (Å²) >= 11 is 0. The minimum atomic E-state index is -0.474. The quantitative estimate of drug-likeness (QED) is 0.200. The highest BCUT2D eigenvalue weighted by atomic mass is 16.5. The molecule has 35 heavy (non-hydrogen) atoms. The van der Waals surface area contributed by atoms with Gasteiger partial charge in [-0.3, -0.25) is 0 Å². The van der Waals surface area contributed by atoms with Crippen LogP contribution in [-0.4, -0.2) is 20.3 Å². The van der Waals surface area contributed by atoms with Gasteiger partial charge in [0.15, 0.2) is 0 Å². The van der Waals surface area contributed by atoms with Crippen molar-refractivity contribution >= 4 is 32.5 Å². The highest BCUT2D eigenvalue weighted by Gasteiger charge is 2.20. The second-order valence-electron chi connectivity index (χ2n) is 8.51. The fourth-order valence-electron chi connectivity index (χ4n) is 4.36. The van der Waals surface area contributed by atoms with Crippen LogP contribution in [0.3, 0.4) is 0 Å². The number of hydrogen-bond donors (Lipinski definition) is 0. The van der Waals surface area contributed by atoms with Gasteiger partial charge in [-0.2, -0.15) is 0 Å². The molecule has 0 aliphatic heterocycles. The Morgan fingerprint density at radius 1 is 0.771 bits per heavy atom. The molecule has 5 aromatic rings. The van der Waals surface area contributed by atoms with E-state index in [1.807, 2.05) is 68.4 Å². The molecule has 6 heteroatoms. The van der Waals surface area contributed by atoms with E-state index in [1.165, 1.54) is 0 Å². The van der Waals surface area contributed by atoms with E-state index >= 15 is 0 Å². The number of rotatable bonds is 7. The highest BCUT2D eigenvalue weighted by molar-refractivity contribution is 6.18. The molecular weight excluding hydrogens is 444 g/mol. The standard InChI is InChI=1S/C29H26O6/c1-17(2)34-23-12-8-11-20-27(23)25(32-4)15-21-26-22(29(30)35-28(20)21)13-19(14-24(26)31-3)33-16-18-9-6-5-7-10-18/h5-15,17H,16H2,1-4H3. The average molecular weight is 471 g/mol. The van der Waals surface area contributed by atoms with Crippen molar-refractivity contribution in [1.29, 1.82) is 0 Å². The van der Waals surface area contributed by atoms with Crippen molar-refractivity contribution in [3.63, 3.8) is 0 Å². The second kappa shape index (κ2) is 9.22. The van der Waals surface area contributed by atoms with Gasteiger partial charge in [-0.05, 0) is 37.6 Å². The summed E-state index contributed by atoms with van der Waals surface area (Å²) in [6.07, 6.45) is -0.0287. The molecule has 4 aromatic carbocycles. The monoisotopic (exact) mass is 470 g/mol. The van der Waals surface area contributed by atoms with Gasteiger partial charge in [0.25, 0.3) is 0 Å². The van der Waals surface area contributed by atoms with Crippen LogP contribution in [0.15, 0.2) is 75.9 Å². The summed E-state index contributed by atoms with van der Waals surface area (Å²) < 4.78 is 29.4. The van der Waals surface area contributed by atoms with E-state index in [-0.39, 0.29) is 6.10 Å². The zero-order valence-electron chi connectivity index (χ0n) is 20.1. The Hall–Kier alpha value is -4.19. The maximum Gasteiger partial charge on any atom is 0.344 e. The number of fused-ring (bicyclic) bond motifs is 5. The molecule has 0 aliphatic carbocycles. The summed E-state index contributed by atoms with van der Waals surface area (Å²) in [6, 6.07) is 20.8. The summed E-state index contributed by atoms with van der Waals surface area (Å²) in [7, 11) is 3.18. The second-order valence-corrected chi connectivity index (χ2v) is 8.51. The largest absolute Gasteiger partial charge is 0.496 e. The Morgan fingerprint density at radius 3 is 2.23 bits per heavy atom. The van der Waals surface area contributed by atoms with Crippen molar-refractivity contribution in [2.45, 2.75) is 26.6 Å². The van der Waals surface area contributed by atoms with Gasteiger partial charge >= 0.3 is 5.63 Å². The molecule has 0 saturated heterocycles. The summed E-state index contributed by atoms with van der Waals surface area (Å²) in [4.78, 5) is 13.2. The Bertz CT molecular complexity index is 1580. The first-order valence-corrected chi connectivity index (χ1v) is 11.4. The first-order chi connectivity index (χ1) is 17.0. The maximum atomic E-state index is 13.2. The molecule has 0 unspecified atom stereocenters. The first-order valence-electron chi connectivity index (χ1n) is 11.4. The van der Waals surface area contributed by atoms with E-state index in [4.69, 9.17) is 23.4 Å².